The van der Waals surface area contributed by atoms with Crippen LogP contribution in [0.15, 0.2) is 121 Å². The molecule has 4 aromatic rings. The summed E-state index contributed by atoms with van der Waals surface area (Å²) in [6.07, 6.45) is 11.0. The van der Waals surface area contributed by atoms with Gasteiger partial charge in [0, 0.05) is 0 Å². The summed E-state index contributed by atoms with van der Waals surface area (Å²) in [5.74, 6) is 0.144. The second-order valence-corrected chi connectivity index (χ2v) is 7.03. The average molecular weight is 508 g/mol. The zero-order valence-corrected chi connectivity index (χ0v) is 20.7. The van der Waals surface area contributed by atoms with Crippen LogP contribution in [-0.2, 0) is 32.6 Å². The van der Waals surface area contributed by atoms with Crippen molar-refractivity contribution >= 4 is 0 Å². The van der Waals surface area contributed by atoms with E-state index in [9.17, 15) is 10.2 Å². The Bertz CT molecular complexity index is 1050. The minimum absolute atomic E-state index is 0. The number of benzene rings is 4. The maximum absolute atomic E-state index is 10.3. The Hall–Kier alpha value is -3.16. The number of para-hydroxylation sites is 2. The molecule has 0 spiro atoms. The van der Waals surface area contributed by atoms with Gasteiger partial charge in [-0.2, -0.15) is 35.9 Å². The van der Waals surface area contributed by atoms with Crippen molar-refractivity contribution < 1.29 is 36.4 Å². The Morgan fingerprint density at radius 2 is 1.21 bits per heavy atom. The van der Waals surface area contributed by atoms with E-state index >= 15 is 0 Å². The molecular formula is C30H24O2Zr. The molecule has 0 bridgehead atoms. The Morgan fingerprint density at radius 1 is 0.636 bits per heavy atom. The van der Waals surface area contributed by atoms with Gasteiger partial charge in [-0.3, -0.25) is 6.08 Å². The van der Waals surface area contributed by atoms with E-state index < -0.39 is 0 Å². The minimum atomic E-state index is 0. The van der Waals surface area contributed by atoms with Crippen LogP contribution < -0.4 is 10.2 Å². The summed E-state index contributed by atoms with van der Waals surface area (Å²) >= 11 is 0. The predicted octanol–water partition coefficient (Wildman–Crippen LogP) is 5.88. The quantitative estimate of drug-likeness (QED) is 0.246. The molecule has 2 aliphatic rings. The normalized spacial score (nSPS) is 11.2. The monoisotopic (exact) mass is 506 g/mol. The predicted molar refractivity (Wildman–Crippen MR) is 127 cm³/mol. The van der Waals surface area contributed by atoms with E-state index in [1.54, 1.807) is 24.3 Å². The fraction of sp³-hybridized carbons (Fsp3) is 0.0667. The van der Waals surface area contributed by atoms with E-state index in [4.69, 9.17) is 0 Å². The van der Waals surface area contributed by atoms with Gasteiger partial charge in [-0.25, -0.2) is 12.2 Å². The van der Waals surface area contributed by atoms with Crippen LogP contribution in [0.3, 0.4) is 0 Å². The molecule has 0 N–H and O–H groups in total. The number of hydrogen-bond acceptors (Lipinski definition) is 2. The summed E-state index contributed by atoms with van der Waals surface area (Å²) in [5, 5.41) is 20.5. The topological polar surface area (TPSA) is 46.1 Å². The van der Waals surface area contributed by atoms with Crippen LogP contribution in [0.4, 0.5) is 0 Å². The van der Waals surface area contributed by atoms with Crippen LogP contribution in [0.1, 0.15) is 17.5 Å². The van der Waals surface area contributed by atoms with Gasteiger partial charge in [0.05, 0.1) is 0 Å². The molecule has 6 rings (SSSR count). The summed E-state index contributed by atoms with van der Waals surface area (Å²) in [6.45, 7) is 0. The number of rotatable bonds is 0. The van der Waals surface area contributed by atoms with E-state index in [1.807, 2.05) is 30.4 Å². The van der Waals surface area contributed by atoms with Crippen LogP contribution in [-0.4, -0.2) is 0 Å². The van der Waals surface area contributed by atoms with Crippen molar-refractivity contribution in [3.05, 3.63) is 145 Å². The third kappa shape index (κ3) is 9.08. The second kappa shape index (κ2) is 14.8. The van der Waals surface area contributed by atoms with Crippen LogP contribution >= 0.6 is 0 Å². The Morgan fingerprint density at radius 3 is 1.70 bits per heavy atom. The molecule has 0 amide bonds. The molecule has 0 aliphatic heterocycles. The molecule has 2 nitrogen and oxygen atoms in total. The molecule has 0 aromatic heterocycles. The van der Waals surface area contributed by atoms with Gasteiger partial charge in [-0.1, -0.05) is 96.1 Å². The summed E-state index contributed by atoms with van der Waals surface area (Å²) in [4.78, 5) is 0. The van der Waals surface area contributed by atoms with E-state index in [-0.39, 0.29) is 37.7 Å². The first-order chi connectivity index (χ1) is 15.7. The molecular weight excluding hydrogens is 484 g/mol. The van der Waals surface area contributed by atoms with Crippen LogP contribution in [0.5, 0.6) is 11.5 Å². The van der Waals surface area contributed by atoms with Crippen LogP contribution in [0, 0.1) is 12.1 Å². The van der Waals surface area contributed by atoms with Gasteiger partial charge in [0.2, 0.25) is 0 Å². The molecule has 0 unspecified atom stereocenters. The molecule has 3 heteroatoms. The largest absolute Gasteiger partial charge is 4.00 e. The molecule has 0 heterocycles. The number of allylic oxidation sites excluding steroid dienone is 4. The first-order valence-electron chi connectivity index (χ1n) is 10.5. The van der Waals surface area contributed by atoms with Crippen molar-refractivity contribution in [1.29, 1.82) is 0 Å². The van der Waals surface area contributed by atoms with E-state index in [0.29, 0.717) is 0 Å². The van der Waals surface area contributed by atoms with Gasteiger partial charge in [0.1, 0.15) is 0 Å². The minimum Gasteiger partial charge on any atom is -0.872 e. The molecule has 0 fully saturated rings. The van der Waals surface area contributed by atoms with Gasteiger partial charge < -0.3 is 10.2 Å². The fourth-order valence-electron chi connectivity index (χ4n) is 3.18. The van der Waals surface area contributed by atoms with Gasteiger partial charge in [0.25, 0.3) is 0 Å². The third-order valence-electron chi connectivity index (χ3n) is 4.69. The van der Waals surface area contributed by atoms with Crippen LogP contribution in [0.25, 0.3) is 11.1 Å². The third-order valence-corrected chi connectivity index (χ3v) is 4.69. The van der Waals surface area contributed by atoms with Crippen molar-refractivity contribution in [3.8, 4) is 22.6 Å². The molecule has 160 valence electrons. The Balaban J connectivity index is 0.000000166. The first-order valence-corrected chi connectivity index (χ1v) is 10.5. The smallest absolute Gasteiger partial charge is 0.872 e. The van der Waals surface area contributed by atoms with Crippen LogP contribution in [0.2, 0.25) is 0 Å². The van der Waals surface area contributed by atoms with E-state index in [1.165, 1.54) is 46.5 Å². The second-order valence-electron chi connectivity index (χ2n) is 7.03. The van der Waals surface area contributed by atoms with Gasteiger partial charge in [0.15, 0.2) is 0 Å². The summed E-state index contributed by atoms with van der Waals surface area (Å²) in [7, 11) is 0. The van der Waals surface area contributed by atoms with E-state index in [2.05, 4.69) is 54.6 Å². The zero-order valence-electron chi connectivity index (χ0n) is 18.3. The summed E-state index contributed by atoms with van der Waals surface area (Å²) in [5.41, 5.74) is 5.51. The average Bonchev–Trinajstić information content (AvgIpc) is 3.53. The first kappa shape index (κ1) is 26.1. The van der Waals surface area contributed by atoms with Crippen molar-refractivity contribution in [2.75, 3.05) is 0 Å². The summed E-state index contributed by atoms with van der Waals surface area (Å²) in [6, 6.07) is 34.8. The van der Waals surface area contributed by atoms with Gasteiger partial charge >= 0.3 is 26.2 Å². The number of hydrogen-bond donors (Lipinski definition) is 0. The standard InChI is InChI=1S/C13H9.2C6H6O.C5H5.Zr/c1-3-7-12-10(5-1)9-11-6-2-4-8-13(11)12;2*7-6-4-2-1-3-5-6;1-2-4-5-3-1;/h1-5,7-8H,9H2;2*1-5,7H;1-3H,4H2;/q-1;;;-1;+4/p-2. The molecule has 33 heavy (non-hydrogen) atoms. The number of fused-ring (bicyclic) bond motifs is 3. The molecule has 4 aromatic carbocycles. The maximum Gasteiger partial charge on any atom is 4.00 e. The summed E-state index contributed by atoms with van der Waals surface area (Å²) < 4.78 is 0. The SMILES string of the molecule is [C-]1=CC=CC1.[O-]c1ccccc1.[O-]c1ccccc1.[Zr+4].[c-]1cccc2c1Cc1ccccc1-2. The van der Waals surface area contributed by atoms with E-state index in [0.717, 1.165) is 12.8 Å². The molecule has 0 saturated carbocycles. The van der Waals surface area contributed by atoms with Crippen molar-refractivity contribution in [1.82, 2.24) is 0 Å². The zero-order chi connectivity index (χ0) is 22.4. The van der Waals surface area contributed by atoms with Gasteiger partial charge in [-0.05, 0) is 6.42 Å². The molecule has 2 aliphatic carbocycles. The molecule has 0 saturated heterocycles. The Labute approximate surface area is 215 Å². The Kier molecular flexibility index (Phi) is 11.7. The van der Waals surface area contributed by atoms with Crippen molar-refractivity contribution in [2.24, 2.45) is 0 Å². The maximum atomic E-state index is 10.3. The molecule has 0 radical (unpaired) electrons. The van der Waals surface area contributed by atoms with Crippen molar-refractivity contribution in [3.63, 3.8) is 0 Å². The van der Waals surface area contributed by atoms with Gasteiger partial charge in [-0.15, -0.1) is 23.5 Å². The fourth-order valence-corrected chi connectivity index (χ4v) is 3.18. The molecule has 0 atom stereocenters. The van der Waals surface area contributed by atoms with Crippen molar-refractivity contribution in [2.45, 2.75) is 12.8 Å².